The summed E-state index contributed by atoms with van der Waals surface area (Å²) in [6, 6.07) is 12.6. The molecule has 4 rings (SSSR count). The summed E-state index contributed by atoms with van der Waals surface area (Å²) in [7, 11) is 0. The molecule has 0 atom stereocenters. The molecule has 160 valence electrons. The maximum Gasteiger partial charge on any atom is 0.410 e. The molecule has 0 spiro atoms. The number of fused-ring (bicyclic) bond motifs is 2. The molecule has 0 unspecified atom stereocenters. The van der Waals surface area contributed by atoms with Crippen LogP contribution < -0.4 is 0 Å². The van der Waals surface area contributed by atoms with Gasteiger partial charge in [0, 0.05) is 36.2 Å². The Morgan fingerprint density at radius 1 is 0.900 bits per heavy atom. The maximum atomic E-state index is 12.5. The SMILES string of the molecule is CC(C)(C)OC(=O)N1CCN(C2c3ccc(Cl)cc3CCc3cc(Cl)ccc32)CC1. The average Bonchev–Trinajstić information content (AvgIpc) is 2.83. The lowest BCUT2D eigenvalue weighted by atomic mass is 9.92. The third kappa shape index (κ3) is 4.61. The zero-order valence-corrected chi connectivity index (χ0v) is 19.3. The van der Waals surface area contributed by atoms with Crippen LogP contribution in [-0.4, -0.2) is 47.7 Å². The van der Waals surface area contributed by atoms with E-state index in [1.54, 1.807) is 0 Å². The van der Waals surface area contributed by atoms with E-state index < -0.39 is 5.60 Å². The van der Waals surface area contributed by atoms with Gasteiger partial charge in [-0.1, -0.05) is 35.3 Å². The molecule has 2 aromatic rings. The van der Waals surface area contributed by atoms with Crippen LogP contribution in [0.2, 0.25) is 10.0 Å². The van der Waals surface area contributed by atoms with Gasteiger partial charge in [-0.2, -0.15) is 0 Å². The standard InChI is InChI=1S/C24H28Cl2N2O2/c1-24(2,3)30-23(29)28-12-10-27(11-13-28)22-20-8-6-18(25)14-16(20)4-5-17-15-19(26)7-9-21(17)22/h6-9,14-15,22H,4-5,10-13H2,1-3H3. The number of carbonyl (C=O) groups excluding carboxylic acids is 1. The topological polar surface area (TPSA) is 32.8 Å². The van der Waals surface area contributed by atoms with Crippen LogP contribution >= 0.6 is 23.2 Å². The summed E-state index contributed by atoms with van der Waals surface area (Å²) in [5.74, 6) is 0. The summed E-state index contributed by atoms with van der Waals surface area (Å²) < 4.78 is 5.56. The third-order valence-corrected chi connectivity index (χ3v) is 6.26. The molecule has 4 nitrogen and oxygen atoms in total. The minimum Gasteiger partial charge on any atom is -0.444 e. The highest BCUT2D eigenvalue weighted by atomic mass is 35.5. The first-order valence-electron chi connectivity index (χ1n) is 10.5. The highest BCUT2D eigenvalue weighted by Gasteiger charge is 2.33. The molecule has 30 heavy (non-hydrogen) atoms. The van der Waals surface area contributed by atoms with Gasteiger partial charge in [-0.15, -0.1) is 0 Å². The van der Waals surface area contributed by atoms with Crippen molar-refractivity contribution in [3.8, 4) is 0 Å². The average molecular weight is 447 g/mol. The van der Waals surface area contributed by atoms with Crippen molar-refractivity contribution in [2.45, 2.75) is 45.3 Å². The molecule has 6 heteroatoms. The van der Waals surface area contributed by atoms with Crippen LogP contribution in [-0.2, 0) is 17.6 Å². The van der Waals surface area contributed by atoms with Crippen molar-refractivity contribution in [2.24, 2.45) is 0 Å². The molecule has 2 aromatic carbocycles. The third-order valence-electron chi connectivity index (χ3n) is 5.79. The summed E-state index contributed by atoms with van der Waals surface area (Å²) in [6.07, 6.45) is 1.65. The van der Waals surface area contributed by atoms with E-state index in [0.717, 1.165) is 36.0 Å². The zero-order valence-electron chi connectivity index (χ0n) is 17.8. The van der Waals surface area contributed by atoms with E-state index in [2.05, 4.69) is 29.2 Å². The van der Waals surface area contributed by atoms with E-state index in [-0.39, 0.29) is 12.1 Å². The van der Waals surface area contributed by atoms with Crippen molar-refractivity contribution in [1.82, 2.24) is 9.80 Å². The minimum atomic E-state index is -0.480. The van der Waals surface area contributed by atoms with Gasteiger partial charge in [0.15, 0.2) is 0 Å². The van der Waals surface area contributed by atoms with Crippen molar-refractivity contribution in [3.63, 3.8) is 0 Å². The molecule has 1 aliphatic heterocycles. The molecule has 0 aromatic heterocycles. The van der Waals surface area contributed by atoms with Gasteiger partial charge < -0.3 is 9.64 Å². The lowest BCUT2D eigenvalue weighted by molar-refractivity contribution is 0.0119. The number of aryl methyl sites for hydroxylation is 2. The van der Waals surface area contributed by atoms with Gasteiger partial charge >= 0.3 is 6.09 Å². The number of carbonyl (C=O) groups is 1. The highest BCUT2D eigenvalue weighted by molar-refractivity contribution is 6.31. The van der Waals surface area contributed by atoms with Crippen molar-refractivity contribution >= 4 is 29.3 Å². The number of amides is 1. The monoisotopic (exact) mass is 446 g/mol. The molecule has 0 bridgehead atoms. The van der Waals surface area contributed by atoms with Crippen molar-refractivity contribution in [2.75, 3.05) is 26.2 Å². The number of ether oxygens (including phenoxy) is 1. The van der Waals surface area contributed by atoms with E-state index >= 15 is 0 Å². The number of benzene rings is 2. The van der Waals surface area contributed by atoms with Crippen LogP contribution in [0.3, 0.4) is 0 Å². The first-order valence-corrected chi connectivity index (χ1v) is 11.3. The Balaban J connectivity index is 1.62. The molecule has 0 N–H and O–H groups in total. The van der Waals surface area contributed by atoms with Gasteiger partial charge in [0.1, 0.15) is 5.60 Å². The van der Waals surface area contributed by atoms with Crippen LogP contribution in [0, 0.1) is 0 Å². The number of hydrogen-bond acceptors (Lipinski definition) is 3. The number of nitrogens with zero attached hydrogens (tertiary/aromatic N) is 2. The van der Waals surface area contributed by atoms with Gasteiger partial charge in [-0.05, 0) is 80.1 Å². The summed E-state index contributed by atoms with van der Waals surface area (Å²) in [4.78, 5) is 16.8. The summed E-state index contributed by atoms with van der Waals surface area (Å²) in [5, 5.41) is 1.54. The van der Waals surface area contributed by atoms with Crippen LogP contribution in [0.1, 0.15) is 49.1 Å². The van der Waals surface area contributed by atoms with E-state index in [4.69, 9.17) is 27.9 Å². The van der Waals surface area contributed by atoms with Crippen LogP contribution in [0.5, 0.6) is 0 Å². The Morgan fingerprint density at radius 3 is 1.87 bits per heavy atom. The second-order valence-electron chi connectivity index (χ2n) is 9.09. The molecular formula is C24H28Cl2N2O2. The fourth-order valence-electron chi connectivity index (χ4n) is 4.43. The van der Waals surface area contributed by atoms with Crippen LogP contribution in [0.25, 0.3) is 0 Å². The fraction of sp³-hybridized carbons (Fsp3) is 0.458. The Labute approximate surface area is 188 Å². The van der Waals surface area contributed by atoms with Crippen molar-refractivity contribution in [3.05, 3.63) is 68.7 Å². The number of halogens is 2. The second-order valence-corrected chi connectivity index (χ2v) is 9.97. The van der Waals surface area contributed by atoms with Gasteiger partial charge in [0.2, 0.25) is 0 Å². The lowest BCUT2D eigenvalue weighted by Gasteiger charge is -2.40. The summed E-state index contributed by atoms with van der Waals surface area (Å²) in [5.41, 5.74) is 4.69. The first-order chi connectivity index (χ1) is 14.2. The van der Waals surface area contributed by atoms with Gasteiger partial charge in [-0.25, -0.2) is 4.79 Å². The normalized spacial score (nSPS) is 17.8. The summed E-state index contributed by atoms with van der Waals surface area (Å²) in [6.45, 7) is 8.57. The van der Waals surface area contributed by atoms with Gasteiger partial charge in [0.05, 0.1) is 6.04 Å². The van der Waals surface area contributed by atoms with E-state index in [9.17, 15) is 4.79 Å². The van der Waals surface area contributed by atoms with Gasteiger partial charge in [0.25, 0.3) is 0 Å². The molecule has 2 aliphatic rings. The van der Waals surface area contributed by atoms with Crippen LogP contribution in [0.15, 0.2) is 36.4 Å². The van der Waals surface area contributed by atoms with Crippen LogP contribution in [0.4, 0.5) is 4.79 Å². The smallest absolute Gasteiger partial charge is 0.410 e. The molecule has 1 heterocycles. The Hall–Kier alpha value is -1.75. The Morgan fingerprint density at radius 2 is 1.40 bits per heavy atom. The first kappa shape index (κ1) is 21.5. The highest BCUT2D eigenvalue weighted by Crippen LogP contribution is 2.39. The second kappa shape index (κ2) is 8.41. The van der Waals surface area contributed by atoms with E-state index in [1.807, 2.05) is 37.8 Å². The minimum absolute atomic E-state index is 0.132. The Bertz CT molecular complexity index is 893. The molecule has 0 saturated carbocycles. The summed E-state index contributed by atoms with van der Waals surface area (Å²) >= 11 is 12.6. The molecule has 0 radical (unpaired) electrons. The molecule has 1 fully saturated rings. The molecule has 1 saturated heterocycles. The van der Waals surface area contributed by atoms with Gasteiger partial charge in [-0.3, -0.25) is 4.90 Å². The fourth-order valence-corrected chi connectivity index (χ4v) is 4.82. The zero-order chi connectivity index (χ0) is 21.5. The molecule has 1 aliphatic carbocycles. The Kier molecular flexibility index (Phi) is 6.02. The van der Waals surface area contributed by atoms with E-state index in [1.165, 1.54) is 22.3 Å². The maximum absolute atomic E-state index is 12.5. The lowest BCUT2D eigenvalue weighted by Crippen LogP contribution is -2.51. The number of rotatable bonds is 1. The number of piperazine rings is 1. The molecule has 1 amide bonds. The largest absolute Gasteiger partial charge is 0.444 e. The predicted octanol–water partition coefficient (Wildman–Crippen LogP) is 5.73. The molecular weight excluding hydrogens is 419 g/mol. The van der Waals surface area contributed by atoms with Crippen molar-refractivity contribution in [1.29, 1.82) is 0 Å². The van der Waals surface area contributed by atoms with E-state index in [0.29, 0.717) is 13.1 Å². The van der Waals surface area contributed by atoms with Crippen molar-refractivity contribution < 1.29 is 9.53 Å². The number of hydrogen-bond donors (Lipinski definition) is 0. The predicted molar refractivity (Wildman–Crippen MR) is 122 cm³/mol. The quantitative estimate of drug-likeness (QED) is 0.560.